The fraction of sp³-hybridized carbons (Fsp3) is 0.200. The number of rotatable bonds is 3. The average Bonchev–Trinajstić information content (AvgIpc) is 2.33. The molecular formula is C15H20. The van der Waals surface area contributed by atoms with Gasteiger partial charge in [0.2, 0.25) is 0 Å². The molecule has 1 aromatic carbocycles. The van der Waals surface area contributed by atoms with E-state index in [1.54, 1.807) is 6.08 Å². The van der Waals surface area contributed by atoms with Crippen molar-refractivity contribution in [3.63, 3.8) is 0 Å². The summed E-state index contributed by atoms with van der Waals surface area (Å²) in [5.74, 6) is 0. The molecule has 0 nitrogen and oxygen atoms in total. The fourth-order valence-corrected chi connectivity index (χ4v) is 1.08. The Morgan fingerprint density at radius 1 is 1.07 bits per heavy atom. The van der Waals surface area contributed by atoms with E-state index in [2.05, 4.69) is 31.7 Å². The van der Waals surface area contributed by atoms with Gasteiger partial charge in [-0.15, -0.1) is 0 Å². The molecule has 15 heavy (non-hydrogen) atoms. The summed E-state index contributed by atoms with van der Waals surface area (Å²) >= 11 is 0. The molecule has 0 atom stereocenters. The summed E-state index contributed by atoms with van der Waals surface area (Å²) in [6, 6.07) is 10.3. The smallest absolute Gasteiger partial charge is 0.0227 e. The molecule has 0 spiro atoms. The van der Waals surface area contributed by atoms with Crippen LogP contribution in [0.15, 0.2) is 61.2 Å². The molecule has 0 heterocycles. The fourth-order valence-electron chi connectivity index (χ4n) is 1.08. The highest BCUT2D eigenvalue weighted by molar-refractivity contribution is 5.64. The van der Waals surface area contributed by atoms with Gasteiger partial charge in [0.1, 0.15) is 0 Å². The molecule has 0 aliphatic carbocycles. The Bertz CT molecular complexity index is 315. The second-order valence-electron chi connectivity index (χ2n) is 2.84. The van der Waals surface area contributed by atoms with E-state index in [1.165, 1.54) is 11.1 Å². The quantitative estimate of drug-likeness (QED) is 0.611. The first kappa shape index (κ1) is 13.4. The lowest BCUT2D eigenvalue weighted by Crippen LogP contribution is -1.75. The molecule has 1 rings (SSSR count). The van der Waals surface area contributed by atoms with Crippen molar-refractivity contribution in [1.29, 1.82) is 0 Å². The van der Waals surface area contributed by atoms with E-state index in [-0.39, 0.29) is 0 Å². The molecule has 0 aliphatic heterocycles. The van der Waals surface area contributed by atoms with Crippen LogP contribution in [0.3, 0.4) is 0 Å². The van der Waals surface area contributed by atoms with Gasteiger partial charge in [-0.05, 0) is 18.1 Å². The number of benzene rings is 1. The summed E-state index contributed by atoms with van der Waals surface area (Å²) in [5, 5.41) is 0. The normalized spacial score (nSPS) is 10.7. The Balaban J connectivity index is 0.000000921. The maximum atomic E-state index is 3.61. The molecular weight excluding hydrogens is 180 g/mol. The topological polar surface area (TPSA) is 0 Å². The van der Waals surface area contributed by atoms with Crippen molar-refractivity contribution in [2.45, 2.75) is 20.8 Å². The van der Waals surface area contributed by atoms with Gasteiger partial charge in [0, 0.05) is 0 Å². The zero-order valence-electron chi connectivity index (χ0n) is 9.90. The van der Waals surface area contributed by atoms with Crippen molar-refractivity contribution in [2.24, 2.45) is 0 Å². The third-order valence-electron chi connectivity index (χ3n) is 1.82. The van der Waals surface area contributed by atoms with Crippen molar-refractivity contribution in [2.75, 3.05) is 0 Å². The zero-order chi connectivity index (χ0) is 11.5. The SMILES string of the molecule is C=C/C=C\C=C(/C)c1ccccc1.CC. The van der Waals surface area contributed by atoms with Crippen molar-refractivity contribution < 1.29 is 0 Å². The third kappa shape index (κ3) is 5.69. The van der Waals surface area contributed by atoms with Crippen molar-refractivity contribution in [3.8, 4) is 0 Å². The van der Waals surface area contributed by atoms with Gasteiger partial charge < -0.3 is 0 Å². The Kier molecular flexibility index (Phi) is 8.08. The molecule has 0 heteroatoms. The van der Waals surface area contributed by atoms with E-state index < -0.39 is 0 Å². The van der Waals surface area contributed by atoms with Gasteiger partial charge in [-0.1, -0.05) is 75.1 Å². The lowest BCUT2D eigenvalue weighted by atomic mass is 10.1. The largest absolute Gasteiger partial charge is 0.0991 e. The first-order valence-electron chi connectivity index (χ1n) is 5.36. The van der Waals surface area contributed by atoms with Crippen LogP contribution >= 0.6 is 0 Å². The number of hydrogen-bond acceptors (Lipinski definition) is 0. The van der Waals surface area contributed by atoms with E-state index in [1.807, 2.05) is 44.2 Å². The third-order valence-corrected chi connectivity index (χ3v) is 1.82. The summed E-state index contributed by atoms with van der Waals surface area (Å²) in [6.07, 6.45) is 7.77. The molecule has 0 N–H and O–H groups in total. The van der Waals surface area contributed by atoms with Gasteiger partial charge in [-0.2, -0.15) is 0 Å². The predicted molar refractivity (Wildman–Crippen MR) is 70.8 cm³/mol. The second-order valence-corrected chi connectivity index (χ2v) is 2.84. The molecule has 0 bridgehead atoms. The minimum atomic E-state index is 1.26. The average molecular weight is 200 g/mol. The summed E-state index contributed by atoms with van der Waals surface area (Å²) in [4.78, 5) is 0. The molecule has 0 amide bonds. The summed E-state index contributed by atoms with van der Waals surface area (Å²) in [6.45, 7) is 9.71. The highest BCUT2D eigenvalue weighted by Gasteiger charge is 1.89. The van der Waals surface area contributed by atoms with Gasteiger partial charge in [0.15, 0.2) is 0 Å². The maximum absolute atomic E-state index is 3.61. The lowest BCUT2D eigenvalue weighted by molar-refractivity contribution is 1.50. The van der Waals surface area contributed by atoms with Gasteiger partial charge in [-0.3, -0.25) is 0 Å². The molecule has 0 aliphatic rings. The highest BCUT2D eigenvalue weighted by atomic mass is 13.9. The molecule has 0 saturated heterocycles. The van der Waals surface area contributed by atoms with Gasteiger partial charge >= 0.3 is 0 Å². The second kappa shape index (κ2) is 9.01. The van der Waals surface area contributed by atoms with Crippen LogP contribution in [0.1, 0.15) is 26.3 Å². The van der Waals surface area contributed by atoms with Crippen molar-refractivity contribution >= 4 is 5.57 Å². The molecule has 1 aromatic rings. The summed E-state index contributed by atoms with van der Waals surface area (Å²) in [7, 11) is 0. The summed E-state index contributed by atoms with van der Waals surface area (Å²) in [5.41, 5.74) is 2.52. The lowest BCUT2D eigenvalue weighted by Gasteiger charge is -1.97. The summed E-state index contributed by atoms with van der Waals surface area (Å²) < 4.78 is 0. The molecule has 0 unspecified atom stereocenters. The van der Waals surface area contributed by atoms with Crippen LogP contribution in [0.5, 0.6) is 0 Å². The van der Waals surface area contributed by atoms with Gasteiger partial charge in [0.25, 0.3) is 0 Å². The van der Waals surface area contributed by atoms with Gasteiger partial charge in [0.05, 0.1) is 0 Å². The Morgan fingerprint density at radius 3 is 2.20 bits per heavy atom. The maximum Gasteiger partial charge on any atom is -0.0227 e. The monoisotopic (exact) mass is 200 g/mol. The van der Waals surface area contributed by atoms with E-state index >= 15 is 0 Å². The van der Waals surface area contributed by atoms with Crippen LogP contribution in [0.2, 0.25) is 0 Å². The molecule has 0 radical (unpaired) electrons. The predicted octanol–water partition coefficient (Wildman–Crippen LogP) is 4.86. The first-order chi connectivity index (χ1) is 7.34. The van der Waals surface area contributed by atoms with Crippen LogP contribution in [0.4, 0.5) is 0 Å². The van der Waals surface area contributed by atoms with Crippen LogP contribution in [0.25, 0.3) is 5.57 Å². The Morgan fingerprint density at radius 2 is 1.67 bits per heavy atom. The number of hydrogen-bond donors (Lipinski definition) is 0. The highest BCUT2D eigenvalue weighted by Crippen LogP contribution is 2.12. The number of allylic oxidation sites excluding steroid dienone is 5. The Hall–Kier alpha value is -1.56. The van der Waals surface area contributed by atoms with E-state index in [4.69, 9.17) is 0 Å². The Labute approximate surface area is 93.7 Å². The van der Waals surface area contributed by atoms with E-state index in [0.717, 1.165) is 0 Å². The standard InChI is InChI=1S/C13H14.C2H6/c1-3-4-6-9-12(2)13-10-7-5-8-11-13;1-2/h3-11H,1H2,2H3;1-2H3/b6-4-,12-9+;. The molecule has 0 aromatic heterocycles. The van der Waals surface area contributed by atoms with Crippen molar-refractivity contribution in [3.05, 3.63) is 66.8 Å². The van der Waals surface area contributed by atoms with Crippen LogP contribution < -0.4 is 0 Å². The molecule has 80 valence electrons. The van der Waals surface area contributed by atoms with Crippen LogP contribution in [-0.4, -0.2) is 0 Å². The van der Waals surface area contributed by atoms with Crippen LogP contribution in [-0.2, 0) is 0 Å². The van der Waals surface area contributed by atoms with Crippen LogP contribution in [0, 0.1) is 0 Å². The van der Waals surface area contributed by atoms with E-state index in [9.17, 15) is 0 Å². The van der Waals surface area contributed by atoms with Crippen molar-refractivity contribution in [1.82, 2.24) is 0 Å². The van der Waals surface area contributed by atoms with Gasteiger partial charge in [-0.25, -0.2) is 0 Å². The minimum Gasteiger partial charge on any atom is -0.0991 e. The minimum absolute atomic E-state index is 1.26. The molecule has 0 saturated carbocycles. The van der Waals surface area contributed by atoms with E-state index in [0.29, 0.717) is 0 Å². The zero-order valence-corrected chi connectivity index (χ0v) is 9.90. The first-order valence-corrected chi connectivity index (χ1v) is 5.36. The molecule has 0 fully saturated rings.